The number of benzene rings is 3. The smallest absolute Gasteiger partial charge is 0.300 e. The highest BCUT2D eigenvalue weighted by Gasteiger charge is 2.47. The van der Waals surface area contributed by atoms with Gasteiger partial charge in [-0.05, 0) is 74.4 Å². The number of ether oxygens (including phenoxy) is 2. The highest BCUT2D eigenvalue weighted by Crippen LogP contribution is 2.43. The van der Waals surface area contributed by atoms with Gasteiger partial charge in [0.25, 0.3) is 11.7 Å². The molecule has 3 aromatic carbocycles. The van der Waals surface area contributed by atoms with Crippen molar-refractivity contribution < 1.29 is 24.2 Å². The van der Waals surface area contributed by atoms with Crippen molar-refractivity contribution >= 4 is 23.1 Å². The van der Waals surface area contributed by atoms with E-state index in [1.165, 1.54) is 4.90 Å². The van der Waals surface area contributed by atoms with E-state index in [1.54, 1.807) is 43.5 Å². The van der Waals surface area contributed by atoms with Crippen LogP contribution in [0.15, 0.2) is 72.3 Å². The fourth-order valence-electron chi connectivity index (χ4n) is 4.24. The first-order chi connectivity index (χ1) is 16.3. The van der Waals surface area contributed by atoms with E-state index in [1.807, 2.05) is 51.1 Å². The third-order valence-corrected chi connectivity index (χ3v) is 5.91. The fraction of sp³-hybridized carbons (Fsp3) is 0.214. The molecule has 0 bridgehead atoms. The summed E-state index contributed by atoms with van der Waals surface area (Å²) in [6, 6.07) is 19.0. The number of hydrogen-bond donors (Lipinski definition) is 1. The molecule has 1 aliphatic rings. The molecule has 1 heterocycles. The average Bonchev–Trinajstić information content (AvgIpc) is 3.10. The van der Waals surface area contributed by atoms with Gasteiger partial charge in [-0.2, -0.15) is 0 Å². The molecule has 174 valence electrons. The van der Waals surface area contributed by atoms with Crippen molar-refractivity contribution in [3.63, 3.8) is 0 Å². The van der Waals surface area contributed by atoms with Gasteiger partial charge in [0.05, 0.1) is 25.3 Å². The largest absolute Gasteiger partial charge is 0.507 e. The van der Waals surface area contributed by atoms with Gasteiger partial charge in [0.2, 0.25) is 0 Å². The second-order valence-corrected chi connectivity index (χ2v) is 8.19. The van der Waals surface area contributed by atoms with Gasteiger partial charge in [-0.3, -0.25) is 14.5 Å². The molecule has 1 fully saturated rings. The molecule has 0 radical (unpaired) electrons. The van der Waals surface area contributed by atoms with Crippen molar-refractivity contribution in [3.8, 4) is 11.5 Å². The lowest BCUT2D eigenvalue weighted by Gasteiger charge is -2.26. The van der Waals surface area contributed by atoms with E-state index in [0.29, 0.717) is 34.9 Å². The molecule has 1 amide bonds. The summed E-state index contributed by atoms with van der Waals surface area (Å²) in [4.78, 5) is 28.0. The van der Waals surface area contributed by atoms with E-state index >= 15 is 0 Å². The minimum atomic E-state index is -0.814. The minimum absolute atomic E-state index is 0.0313. The van der Waals surface area contributed by atoms with Crippen molar-refractivity contribution in [1.82, 2.24) is 0 Å². The molecule has 0 spiro atoms. The van der Waals surface area contributed by atoms with Gasteiger partial charge >= 0.3 is 0 Å². The lowest BCUT2D eigenvalue weighted by molar-refractivity contribution is -0.132. The molecule has 1 unspecified atom stereocenters. The zero-order valence-electron chi connectivity index (χ0n) is 19.7. The summed E-state index contributed by atoms with van der Waals surface area (Å²) in [7, 11) is 1.57. The van der Waals surface area contributed by atoms with Gasteiger partial charge in [0.15, 0.2) is 0 Å². The highest BCUT2D eigenvalue weighted by molar-refractivity contribution is 6.51. The molecule has 1 aliphatic heterocycles. The number of carbonyl (C=O) groups excluding carboxylic acids is 2. The van der Waals surface area contributed by atoms with Gasteiger partial charge in [0.1, 0.15) is 17.3 Å². The molecule has 6 heteroatoms. The predicted molar refractivity (Wildman–Crippen MR) is 131 cm³/mol. The van der Waals surface area contributed by atoms with Crippen LogP contribution >= 0.6 is 0 Å². The Morgan fingerprint density at radius 1 is 1.00 bits per heavy atom. The molecule has 0 aliphatic carbocycles. The first-order valence-electron chi connectivity index (χ1n) is 11.1. The molecular formula is C28H27NO5. The van der Waals surface area contributed by atoms with Crippen LogP contribution in [0.2, 0.25) is 0 Å². The van der Waals surface area contributed by atoms with Crippen LogP contribution < -0.4 is 14.4 Å². The van der Waals surface area contributed by atoms with E-state index in [9.17, 15) is 14.7 Å². The molecular weight excluding hydrogens is 430 g/mol. The lowest BCUT2D eigenvalue weighted by atomic mass is 9.94. The molecule has 1 saturated heterocycles. The molecule has 3 aromatic rings. The molecule has 1 N–H and O–H groups in total. The number of aryl methyl sites for hydroxylation is 2. The summed E-state index contributed by atoms with van der Waals surface area (Å²) >= 11 is 0. The van der Waals surface area contributed by atoms with Crippen LogP contribution in [0.3, 0.4) is 0 Å². The minimum Gasteiger partial charge on any atom is -0.507 e. The van der Waals surface area contributed by atoms with Crippen LogP contribution in [-0.4, -0.2) is 30.5 Å². The first kappa shape index (κ1) is 23.1. The van der Waals surface area contributed by atoms with Crippen molar-refractivity contribution in [2.45, 2.75) is 26.8 Å². The number of nitrogens with zero attached hydrogens (tertiary/aromatic N) is 1. The Kier molecular flexibility index (Phi) is 6.41. The Morgan fingerprint density at radius 2 is 1.74 bits per heavy atom. The summed E-state index contributed by atoms with van der Waals surface area (Å²) in [6.45, 7) is 6.17. The number of anilines is 1. The van der Waals surface area contributed by atoms with E-state index in [2.05, 4.69) is 0 Å². The zero-order chi connectivity index (χ0) is 24.4. The summed E-state index contributed by atoms with van der Waals surface area (Å²) in [5, 5.41) is 11.3. The fourth-order valence-corrected chi connectivity index (χ4v) is 4.24. The zero-order valence-corrected chi connectivity index (χ0v) is 19.7. The maximum absolute atomic E-state index is 13.3. The number of amides is 1. The average molecular weight is 458 g/mol. The predicted octanol–water partition coefficient (Wildman–Crippen LogP) is 5.34. The van der Waals surface area contributed by atoms with E-state index in [4.69, 9.17) is 9.47 Å². The van der Waals surface area contributed by atoms with Gasteiger partial charge in [-0.15, -0.1) is 0 Å². The van der Waals surface area contributed by atoms with Crippen molar-refractivity contribution in [3.05, 3.63) is 94.6 Å². The molecule has 0 saturated carbocycles. The number of Topliss-reactive ketones (excluding diaryl/α,β-unsaturated/α-hetero) is 1. The quantitative estimate of drug-likeness (QED) is 0.307. The number of aliphatic hydroxyl groups excluding tert-OH is 1. The second-order valence-electron chi connectivity index (χ2n) is 8.19. The molecule has 6 nitrogen and oxygen atoms in total. The van der Waals surface area contributed by atoms with Gasteiger partial charge in [-0.25, -0.2) is 0 Å². The highest BCUT2D eigenvalue weighted by atomic mass is 16.5. The van der Waals surface area contributed by atoms with E-state index in [0.717, 1.165) is 11.1 Å². The number of rotatable bonds is 6. The van der Waals surface area contributed by atoms with Crippen LogP contribution in [0.4, 0.5) is 5.69 Å². The van der Waals surface area contributed by atoms with Crippen LogP contribution in [0.25, 0.3) is 5.76 Å². The number of methoxy groups -OCH3 is 1. The normalized spacial score (nSPS) is 17.2. The third kappa shape index (κ3) is 4.15. The Labute approximate surface area is 199 Å². The Bertz CT molecular complexity index is 1280. The summed E-state index contributed by atoms with van der Waals surface area (Å²) in [5.41, 5.74) is 3.54. The second kappa shape index (κ2) is 9.43. The summed E-state index contributed by atoms with van der Waals surface area (Å²) in [5.74, 6) is -0.376. The molecule has 34 heavy (non-hydrogen) atoms. The van der Waals surface area contributed by atoms with Crippen molar-refractivity contribution in [2.24, 2.45) is 0 Å². The molecule has 4 rings (SSSR count). The van der Waals surface area contributed by atoms with Crippen molar-refractivity contribution in [2.75, 3.05) is 18.6 Å². The SMILES string of the molecule is CCOc1cccc(C2/C(=C(\O)c3ccc(OC)c(C)c3)C(=O)C(=O)N2c2ccc(C)cc2)c1. The molecule has 1 atom stereocenters. The number of aliphatic hydroxyl groups is 1. The maximum Gasteiger partial charge on any atom is 0.300 e. The first-order valence-corrected chi connectivity index (χ1v) is 11.1. The van der Waals surface area contributed by atoms with Crippen LogP contribution in [0.5, 0.6) is 11.5 Å². The topological polar surface area (TPSA) is 76.1 Å². The van der Waals surface area contributed by atoms with Gasteiger partial charge in [-0.1, -0.05) is 29.8 Å². The Morgan fingerprint density at radius 3 is 2.38 bits per heavy atom. The standard InChI is InChI=1S/C28H27NO5/c1-5-34-22-8-6-7-19(16-22)25-24(26(30)20-11-14-23(33-4)18(3)15-20)27(31)28(32)29(25)21-12-9-17(2)10-13-21/h6-16,25,30H,5H2,1-4H3/b26-24+. The monoisotopic (exact) mass is 457 g/mol. The molecule has 0 aromatic heterocycles. The Balaban J connectivity index is 1.93. The lowest BCUT2D eigenvalue weighted by Crippen LogP contribution is -2.29. The number of carbonyl (C=O) groups is 2. The van der Waals surface area contributed by atoms with Gasteiger partial charge < -0.3 is 14.6 Å². The van der Waals surface area contributed by atoms with Crippen LogP contribution in [0, 0.1) is 13.8 Å². The van der Waals surface area contributed by atoms with Crippen LogP contribution in [-0.2, 0) is 9.59 Å². The Hall–Kier alpha value is -4.06. The van der Waals surface area contributed by atoms with Crippen LogP contribution in [0.1, 0.15) is 35.2 Å². The summed E-state index contributed by atoms with van der Waals surface area (Å²) < 4.78 is 11.0. The van der Waals surface area contributed by atoms with Gasteiger partial charge in [0, 0.05) is 11.3 Å². The third-order valence-electron chi connectivity index (χ3n) is 5.91. The van der Waals surface area contributed by atoms with Crippen molar-refractivity contribution in [1.29, 1.82) is 0 Å². The van der Waals surface area contributed by atoms with E-state index in [-0.39, 0.29) is 11.3 Å². The number of hydrogen-bond acceptors (Lipinski definition) is 5. The number of ketones is 1. The maximum atomic E-state index is 13.3. The summed E-state index contributed by atoms with van der Waals surface area (Å²) in [6.07, 6.45) is 0. The van der Waals surface area contributed by atoms with E-state index < -0.39 is 17.7 Å².